The Balaban J connectivity index is 1.95. The van der Waals surface area contributed by atoms with Crippen molar-refractivity contribution in [3.05, 3.63) is 71.3 Å². The maximum atomic E-state index is 11.8. The standard InChI is InChI=1S/C20H22O2/c1-4-16(3)18-10-12-19(13-11-18)22-20(21)14-9-17-7-5-15(2)6-8-17/h5-14,16H,4H2,1-3H3. The summed E-state index contributed by atoms with van der Waals surface area (Å²) in [6.07, 6.45) is 4.31. The molecule has 0 N–H and O–H groups in total. The summed E-state index contributed by atoms with van der Waals surface area (Å²) in [7, 11) is 0. The number of ether oxygens (including phenoxy) is 1. The van der Waals surface area contributed by atoms with Crippen molar-refractivity contribution in [1.29, 1.82) is 0 Å². The van der Waals surface area contributed by atoms with E-state index in [1.54, 1.807) is 6.08 Å². The fourth-order valence-corrected chi connectivity index (χ4v) is 2.09. The third-order valence-corrected chi connectivity index (χ3v) is 3.77. The van der Waals surface area contributed by atoms with Crippen molar-refractivity contribution in [2.24, 2.45) is 0 Å². The molecule has 0 bridgehead atoms. The Labute approximate surface area is 132 Å². The van der Waals surface area contributed by atoms with Gasteiger partial charge in [0, 0.05) is 6.08 Å². The van der Waals surface area contributed by atoms with E-state index in [0.717, 1.165) is 12.0 Å². The van der Waals surface area contributed by atoms with Gasteiger partial charge in [-0.25, -0.2) is 4.79 Å². The Morgan fingerprint density at radius 3 is 2.32 bits per heavy atom. The van der Waals surface area contributed by atoms with E-state index in [2.05, 4.69) is 13.8 Å². The topological polar surface area (TPSA) is 26.3 Å². The molecule has 1 atom stereocenters. The second kappa shape index (κ2) is 7.60. The third kappa shape index (κ3) is 4.59. The second-order valence-electron chi connectivity index (χ2n) is 5.54. The first-order chi connectivity index (χ1) is 10.6. The second-order valence-corrected chi connectivity index (χ2v) is 5.54. The number of rotatable bonds is 5. The monoisotopic (exact) mass is 294 g/mol. The lowest BCUT2D eigenvalue weighted by atomic mass is 9.99. The minimum Gasteiger partial charge on any atom is -0.423 e. The Bertz CT molecular complexity index is 636. The Hall–Kier alpha value is -2.35. The average Bonchev–Trinajstić information content (AvgIpc) is 2.54. The molecular weight excluding hydrogens is 272 g/mol. The van der Waals surface area contributed by atoms with Gasteiger partial charge in [-0.05, 0) is 48.6 Å². The molecule has 0 aliphatic carbocycles. The zero-order valence-electron chi connectivity index (χ0n) is 13.4. The fourth-order valence-electron chi connectivity index (χ4n) is 2.09. The molecule has 1 unspecified atom stereocenters. The highest BCUT2D eigenvalue weighted by Crippen LogP contribution is 2.21. The van der Waals surface area contributed by atoms with Crippen LogP contribution in [0.2, 0.25) is 0 Å². The fraction of sp³-hybridized carbons (Fsp3) is 0.250. The van der Waals surface area contributed by atoms with Gasteiger partial charge in [-0.3, -0.25) is 0 Å². The molecule has 0 saturated carbocycles. The third-order valence-electron chi connectivity index (χ3n) is 3.77. The van der Waals surface area contributed by atoms with Crippen LogP contribution in [0.25, 0.3) is 6.08 Å². The summed E-state index contributed by atoms with van der Waals surface area (Å²) in [4.78, 5) is 11.8. The molecule has 0 saturated heterocycles. The van der Waals surface area contributed by atoms with Crippen LogP contribution in [-0.4, -0.2) is 5.97 Å². The van der Waals surface area contributed by atoms with Crippen LogP contribution >= 0.6 is 0 Å². The lowest BCUT2D eigenvalue weighted by Gasteiger charge is -2.09. The summed E-state index contributed by atoms with van der Waals surface area (Å²) in [5, 5.41) is 0. The smallest absolute Gasteiger partial charge is 0.336 e. The van der Waals surface area contributed by atoms with Crippen molar-refractivity contribution < 1.29 is 9.53 Å². The lowest BCUT2D eigenvalue weighted by molar-refractivity contribution is -0.128. The van der Waals surface area contributed by atoms with E-state index < -0.39 is 0 Å². The highest BCUT2D eigenvalue weighted by atomic mass is 16.5. The minimum absolute atomic E-state index is 0.364. The highest BCUT2D eigenvalue weighted by Gasteiger charge is 2.04. The molecule has 0 amide bonds. The van der Waals surface area contributed by atoms with E-state index in [4.69, 9.17) is 4.74 Å². The molecule has 2 aromatic rings. The molecule has 0 aliphatic rings. The van der Waals surface area contributed by atoms with E-state index in [1.165, 1.54) is 17.2 Å². The number of carbonyl (C=O) groups is 1. The largest absolute Gasteiger partial charge is 0.423 e. The predicted octanol–water partition coefficient (Wildman–Crippen LogP) is 5.13. The minimum atomic E-state index is -0.364. The van der Waals surface area contributed by atoms with Crippen molar-refractivity contribution >= 4 is 12.0 Å². The quantitative estimate of drug-likeness (QED) is 0.434. The number of esters is 1. The van der Waals surface area contributed by atoms with E-state index in [9.17, 15) is 4.79 Å². The molecular formula is C20H22O2. The number of aryl methyl sites for hydroxylation is 1. The van der Waals surface area contributed by atoms with Crippen LogP contribution in [0.5, 0.6) is 5.75 Å². The normalized spacial score (nSPS) is 12.3. The van der Waals surface area contributed by atoms with Crippen molar-refractivity contribution in [2.45, 2.75) is 33.1 Å². The number of carbonyl (C=O) groups excluding carboxylic acids is 1. The van der Waals surface area contributed by atoms with E-state index in [-0.39, 0.29) is 5.97 Å². The summed E-state index contributed by atoms with van der Waals surface area (Å²) < 4.78 is 5.30. The average molecular weight is 294 g/mol. The van der Waals surface area contributed by atoms with Gasteiger partial charge < -0.3 is 4.74 Å². The Morgan fingerprint density at radius 2 is 1.73 bits per heavy atom. The van der Waals surface area contributed by atoms with E-state index in [1.807, 2.05) is 55.5 Å². The molecule has 0 spiro atoms. The summed E-state index contributed by atoms with van der Waals surface area (Å²) in [6, 6.07) is 15.7. The van der Waals surface area contributed by atoms with Gasteiger partial charge in [0.2, 0.25) is 0 Å². The first kappa shape index (κ1) is 16.0. The van der Waals surface area contributed by atoms with Crippen molar-refractivity contribution in [2.75, 3.05) is 0 Å². The van der Waals surface area contributed by atoms with E-state index >= 15 is 0 Å². The van der Waals surface area contributed by atoms with Crippen molar-refractivity contribution in [3.8, 4) is 5.75 Å². The molecule has 0 fully saturated rings. The van der Waals surface area contributed by atoms with Gasteiger partial charge in [0.05, 0.1) is 0 Å². The van der Waals surface area contributed by atoms with Crippen molar-refractivity contribution in [3.63, 3.8) is 0 Å². The molecule has 0 heterocycles. The first-order valence-electron chi connectivity index (χ1n) is 7.65. The summed E-state index contributed by atoms with van der Waals surface area (Å²) >= 11 is 0. The molecule has 22 heavy (non-hydrogen) atoms. The SMILES string of the molecule is CCC(C)c1ccc(OC(=O)C=Cc2ccc(C)cc2)cc1. The maximum absolute atomic E-state index is 11.8. The molecule has 2 nitrogen and oxygen atoms in total. The van der Waals surface area contributed by atoms with Gasteiger partial charge in [-0.15, -0.1) is 0 Å². The number of hydrogen-bond donors (Lipinski definition) is 0. The van der Waals surface area contributed by atoms with Crippen LogP contribution in [-0.2, 0) is 4.79 Å². The molecule has 0 radical (unpaired) electrons. The van der Waals surface area contributed by atoms with Crippen molar-refractivity contribution in [1.82, 2.24) is 0 Å². The van der Waals surface area contributed by atoms with Gasteiger partial charge in [0.15, 0.2) is 0 Å². The highest BCUT2D eigenvalue weighted by molar-refractivity contribution is 5.88. The van der Waals surface area contributed by atoms with Crippen LogP contribution in [0, 0.1) is 6.92 Å². The summed E-state index contributed by atoms with van der Waals surface area (Å²) in [5.41, 5.74) is 3.44. The maximum Gasteiger partial charge on any atom is 0.336 e. The predicted molar refractivity (Wildman–Crippen MR) is 91.0 cm³/mol. The van der Waals surface area contributed by atoms with Crippen LogP contribution in [0.1, 0.15) is 42.9 Å². The molecule has 2 heteroatoms. The van der Waals surface area contributed by atoms with Gasteiger partial charge in [0.1, 0.15) is 5.75 Å². The van der Waals surface area contributed by atoms with Gasteiger partial charge in [-0.2, -0.15) is 0 Å². The van der Waals surface area contributed by atoms with Crippen LogP contribution in [0.3, 0.4) is 0 Å². The Kier molecular flexibility index (Phi) is 5.54. The zero-order chi connectivity index (χ0) is 15.9. The molecule has 2 rings (SSSR count). The van der Waals surface area contributed by atoms with Gasteiger partial charge >= 0.3 is 5.97 Å². The lowest BCUT2D eigenvalue weighted by Crippen LogP contribution is -2.03. The summed E-state index contributed by atoms with van der Waals surface area (Å²) in [5.74, 6) is 0.730. The molecule has 2 aromatic carbocycles. The van der Waals surface area contributed by atoms with Gasteiger partial charge in [0.25, 0.3) is 0 Å². The zero-order valence-corrected chi connectivity index (χ0v) is 13.4. The first-order valence-corrected chi connectivity index (χ1v) is 7.65. The summed E-state index contributed by atoms with van der Waals surface area (Å²) in [6.45, 7) is 6.38. The number of hydrogen-bond acceptors (Lipinski definition) is 2. The van der Waals surface area contributed by atoms with Crippen LogP contribution < -0.4 is 4.74 Å². The Morgan fingerprint density at radius 1 is 1.09 bits per heavy atom. The number of benzene rings is 2. The molecule has 0 aromatic heterocycles. The van der Waals surface area contributed by atoms with Gasteiger partial charge in [-0.1, -0.05) is 55.8 Å². The van der Waals surface area contributed by atoms with Crippen LogP contribution in [0.15, 0.2) is 54.6 Å². The molecule has 114 valence electrons. The molecule has 0 aliphatic heterocycles. The van der Waals surface area contributed by atoms with E-state index in [0.29, 0.717) is 11.7 Å². The van der Waals surface area contributed by atoms with Crippen LogP contribution in [0.4, 0.5) is 0 Å².